The van der Waals surface area contributed by atoms with Crippen molar-refractivity contribution < 1.29 is 4.21 Å². The average molecular weight is 285 g/mol. The molecule has 1 N–H and O–H groups in total. The van der Waals surface area contributed by atoms with E-state index in [-0.39, 0.29) is 0 Å². The van der Waals surface area contributed by atoms with Gasteiger partial charge in [0, 0.05) is 34.5 Å². The number of hydrogen-bond acceptors (Lipinski definition) is 4. The van der Waals surface area contributed by atoms with Crippen molar-refractivity contribution in [1.82, 2.24) is 14.6 Å². The maximum absolute atomic E-state index is 11.3. The molecule has 18 heavy (non-hydrogen) atoms. The number of pyridine rings is 1. The summed E-state index contributed by atoms with van der Waals surface area (Å²) in [6.45, 7) is 0. The Kier molecular flexibility index (Phi) is 3.22. The molecule has 0 aliphatic carbocycles. The van der Waals surface area contributed by atoms with Crippen molar-refractivity contribution in [3.05, 3.63) is 23.4 Å². The van der Waals surface area contributed by atoms with E-state index in [4.69, 9.17) is 11.6 Å². The number of aromatic nitrogens is 3. The van der Waals surface area contributed by atoms with Gasteiger partial charge in [-0.15, -0.1) is 5.10 Å². The zero-order valence-corrected chi connectivity index (χ0v) is 11.2. The summed E-state index contributed by atoms with van der Waals surface area (Å²) in [6.07, 6.45) is 3.54. The molecule has 0 amide bonds. The van der Waals surface area contributed by atoms with Crippen LogP contribution in [0.25, 0.3) is 5.65 Å². The van der Waals surface area contributed by atoms with Crippen LogP contribution in [-0.4, -0.2) is 36.4 Å². The molecule has 5 nitrogen and oxygen atoms in total. The van der Waals surface area contributed by atoms with E-state index >= 15 is 0 Å². The number of fused-ring (bicyclic) bond motifs is 1. The Balaban J connectivity index is 1.76. The molecule has 0 bridgehead atoms. The van der Waals surface area contributed by atoms with E-state index in [0.717, 1.165) is 30.0 Å². The Labute approximate surface area is 112 Å². The molecule has 3 rings (SSSR count). The Morgan fingerprint density at radius 1 is 1.39 bits per heavy atom. The second-order valence-electron chi connectivity index (χ2n) is 4.35. The molecule has 1 aliphatic rings. The molecule has 1 aliphatic heterocycles. The summed E-state index contributed by atoms with van der Waals surface area (Å²) in [5.74, 6) is 2.13. The van der Waals surface area contributed by atoms with Gasteiger partial charge in [0.25, 0.3) is 0 Å². The minimum Gasteiger partial charge on any atom is -0.350 e. The van der Waals surface area contributed by atoms with Gasteiger partial charge in [-0.25, -0.2) is 4.52 Å². The smallest absolute Gasteiger partial charge is 0.243 e. The summed E-state index contributed by atoms with van der Waals surface area (Å²) in [6, 6.07) is 3.94. The number of halogens is 1. The van der Waals surface area contributed by atoms with Crippen molar-refractivity contribution in [1.29, 1.82) is 0 Å². The van der Waals surface area contributed by atoms with Gasteiger partial charge >= 0.3 is 0 Å². The molecule has 0 radical (unpaired) electrons. The highest BCUT2D eigenvalue weighted by atomic mass is 35.5. The van der Waals surface area contributed by atoms with Crippen LogP contribution >= 0.6 is 11.6 Å². The number of hydrogen-bond donors (Lipinski definition) is 1. The van der Waals surface area contributed by atoms with Crippen LogP contribution in [0.4, 0.5) is 5.95 Å². The van der Waals surface area contributed by atoms with Gasteiger partial charge < -0.3 is 5.32 Å². The molecule has 2 aromatic heterocycles. The first-order valence-electron chi connectivity index (χ1n) is 5.84. The van der Waals surface area contributed by atoms with Crippen LogP contribution in [0.1, 0.15) is 12.8 Å². The largest absolute Gasteiger partial charge is 0.350 e. The fourth-order valence-corrected chi connectivity index (χ4v) is 3.49. The van der Waals surface area contributed by atoms with Gasteiger partial charge in [-0.05, 0) is 25.0 Å². The van der Waals surface area contributed by atoms with Gasteiger partial charge in [0.15, 0.2) is 5.65 Å². The highest BCUT2D eigenvalue weighted by molar-refractivity contribution is 7.85. The Bertz CT molecular complexity index is 590. The number of nitrogens with one attached hydrogen (secondary N) is 1. The lowest BCUT2D eigenvalue weighted by Crippen LogP contribution is -2.29. The second-order valence-corrected chi connectivity index (χ2v) is 6.48. The summed E-state index contributed by atoms with van der Waals surface area (Å²) in [4.78, 5) is 4.37. The van der Waals surface area contributed by atoms with E-state index in [0.29, 0.717) is 17.0 Å². The Morgan fingerprint density at radius 2 is 2.17 bits per heavy atom. The van der Waals surface area contributed by atoms with Crippen molar-refractivity contribution >= 4 is 34.0 Å². The van der Waals surface area contributed by atoms with Gasteiger partial charge in [-0.1, -0.05) is 11.6 Å². The van der Waals surface area contributed by atoms with Crippen molar-refractivity contribution in [2.75, 3.05) is 16.8 Å². The molecule has 0 saturated carbocycles. The molecule has 1 fully saturated rings. The summed E-state index contributed by atoms with van der Waals surface area (Å²) in [5.41, 5.74) is 0.765. The number of nitrogens with zero attached hydrogens (tertiary/aromatic N) is 3. The zero-order valence-electron chi connectivity index (χ0n) is 9.67. The van der Waals surface area contributed by atoms with Gasteiger partial charge in [0.05, 0.1) is 5.02 Å². The van der Waals surface area contributed by atoms with Crippen LogP contribution in [-0.2, 0) is 10.8 Å². The van der Waals surface area contributed by atoms with Crippen molar-refractivity contribution in [3.8, 4) is 0 Å². The van der Waals surface area contributed by atoms with E-state index in [1.165, 1.54) is 0 Å². The van der Waals surface area contributed by atoms with Crippen molar-refractivity contribution in [2.24, 2.45) is 0 Å². The van der Waals surface area contributed by atoms with Crippen LogP contribution < -0.4 is 5.32 Å². The van der Waals surface area contributed by atoms with E-state index in [1.807, 2.05) is 6.07 Å². The average Bonchev–Trinajstić information content (AvgIpc) is 2.73. The maximum atomic E-state index is 11.3. The minimum absolute atomic E-state index is 0.315. The van der Waals surface area contributed by atoms with Gasteiger partial charge in [0.2, 0.25) is 5.95 Å². The summed E-state index contributed by atoms with van der Waals surface area (Å²) < 4.78 is 12.9. The number of anilines is 1. The van der Waals surface area contributed by atoms with E-state index < -0.39 is 10.8 Å². The fraction of sp³-hybridized carbons (Fsp3) is 0.455. The molecule has 0 aromatic carbocycles. The monoisotopic (exact) mass is 284 g/mol. The molecule has 0 spiro atoms. The van der Waals surface area contributed by atoms with Gasteiger partial charge in [-0.3, -0.25) is 4.21 Å². The Hall–Kier alpha value is -1.14. The lowest BCUT2D eigenvalue weighted by Gasteiger charge is -2.21. The molecule has 0 atom stereocenters. The van der Waals surface area contributed by atoms with E-state index in [9.17, 15) is 4.21 Å². The lowest BCUT2D eigenvalue weighted by atomic mass is 10.2. The van der Waals surface area contributed by atoms with Crippen LogP contribution in [0.15, 0.2) is 18.3 Å². The molecular formula is C11H13ClN4OS. The first-order valence-corrected chi connectivity index (χ1v) is 7.71. The second kappa shape index (κ2) is 4.85. The van der Waals surface area contributed by atoms with Crippen LogP contribution in [0.2, 0.25) is 5.02 Å². The quantitative estimate of drug-likeness (QED) is 0.912. The van der Waals surface area contributed by atoms with Crippen molar-refractivity contribution in [3.63, 3.8) is 0 Å². The highest BCUT2D eigenvalue weighted by Crippen LogP contribution is 2.15. The topological polar surface area (TPSA) is 59.3 Å². The molecule has 1 saturated heterocycles. The third-order valence-electron chi connectivity index (χ3n) is 3.02. The van der Waals surface area contributed by atoms with Crippen LogP contribution in [0, 0.1) is 0 Å². The summed E-state index contributed by atoms with van der Waals surface area (Å²) in [5, 5.41) is 8.24. The van der Waals surface area contributed by atoms with Crippen molar-refractivity contribution in [2.45, 2.75) is 18.9 Å². The Morgan fingerprint density at radius 3 is 2.94 bits per heavy atom. The minimum atomic E-state index is -0.640. The third kappa shape index (κ3) is 2.49. The number of rotatable bonds is 2. The highest BCUT2D eigenvalue weighted by Gasteiger charge is 2.18. The van der Waals surface area contributed by atoms with E-state index in [1.54, 1.807) is 16.8 Å². The fourth-order valence-electron chi connectivity index (χ4n) is 2.04. The normalized spacial score (nSPS) is 24.3. The zero-order chi connectivity index (χ0) is 12.5. The SMILES string of the molecule is O=S1CCC(Nc2nc3ccc(Cl)cn3n2)CC1. The van der Waals surface area contributed by atoms with Gasteiger partial charge in [-0.2, -0.15) is 4.98 Å². The molecule has 96 valence electrons. The van der Waals surface area contributed by atoms with Crippen LogP contribution in [0.3, 0.4) is 0 Å². The predicted octanol–water partition coefficient (Wildman–Crippen LogP) is 1.71. The molecule has 2 aromatic rings. The predicted molar refractivity (Wildman–Crippen MR) is 72.5 cm³/mol. The first kappa shape index (κ1) is 11.9. The first-order chi connectivity index (χ1) is 8.70. The summed E-state index contributed by atoms with van der Waals surface area (Å²) >= 11 is 5.89. The summed E-state index contributed by atoms with van der Waals surface area (Å²) in [7, 11) is -0.640. The molecule has 7 heteroatoms. The lowest BCUT2D eigenvalue weighted by molar-refractivity contribution is 0.620. The van der Waals surface area contributed by atoms with E-state index in [2.05, 4.69) is 15.4 Å². The van der Waals surface area contributed by atoms with Gasteiger partial charge in [0.1, 0.15) is 0 Å². The molecule has 0 unspecified atom stereocenters. The van der Waals surface area contributed by atoms with Crippen LogP contribution in [0.5, 0.6) is 0 Å². The molecule has 3 heterocycles. The molecular weight excluding hydrogens is 272 g/mol. The standard InChI is InChI=1S/C11H13ClN4OS/c12-8-1-2-10-14-11(15-16(10)7-8)13-9-3-5-18(17)6-4-9/h1-2,7,9H,3-6H2,(H,13,15). The maximum Gasteiger partial charge on any atom is 0.243 e. The third-order valence-corrected chi connectivity index (χ3v) is 4.62.